The molecule has 0 atom stereocenters. The third-order valence-electron chi connectivity index (χ3n) is 1.96. The van der Waals surface area contributed by atoms with E-state index in [1.165, 1.54) is 11.1 Å². The van der Waals surface area contributed by atoms with Crippen molar-refractivity contribution in [2.24, 2.45) is 0 Å². The Bertz CT molecular complexity index is 353. The molecular formula is C12H10. The van der Waals surface area contributed by atoms with E-state index < -0.39 is 0 Å². The zero-order valence-corrected chi connectivity index (χ0v) is 6.83. The van der Waals surface area contributed by atoms with Gasteiger partial charge in [0.2, 0.25) is 0 Å². The first-order chi connectivity index (χ1) is 5.97. The fourth-order valence-electron chi connectivity index (χ4n) is 1.32. The summed E-state index contributed by atoms with van der Waals surface area (Å²) in [6.07, 6.45) is 17.6. The first kappa shape index (κ1) is 7.15. The Morgan fingerprint density at radius 2 is 2.08 bits per heavy atom. The molecule has 0 fully saturated rings. The minimum Gasteiger partial charge on any atom is -0.120 e. The second-order valence-corrected chi connectivity index (χ2v) is 2.81. The first-order valence-electron chi connectivity index (χ1n) is 4.12. The smallest absolute Gasteiger partial charge is 0.00882 e. The van der Waals surface area contributed by atoms with Crippen molar-refractivity contribution in [3.05, 3.63) is 65.5 Å². The second-order valence-electron chi connectivity index (χ2n) is 2.81. The van der Waals surface area contributed by atoms with Gasteiger partial charge in [0.1, 0.15) is 0 Å². The topological polar surface area (TPSA) is 0 Å². The molecule has 0 nitrogen and oxygen atoms in total. The Labute approximate surface area is 72.6 Å². The third-order valence-corrected chi connectivity index (χ3v) is 1.96. The summed E-state index contributed by atoms with van der Waals surface area (Å²) in [7, 11) is 0. The Morgan fingerprint density at radius 1 is 1.08 bits per heavy atom. The summed E-state index contributed by atoms with van der Waals surface area (Å²) in [5, 5.41) is 0. The number of allylic oxidation sites excluding steroid dienone is 9. The molecular weight excluding hydrogens is 144 g/mol. The standard InChI is InChI=1S/C12H10/c1-3-7-11-9-5-2-6-10-12(11)8-4-1/h1-5,8-10H,7H2. The van der Waals surface area contributed by atoms with E-state index in [0.29, 0.717) is 0 Å². The molecule has 0 amide bonds. The first-order valence-corrected chi connectivity index (χ1v) is 4.12. The Morgan fingerprint density at radius 3 is 3.08 bits per heavy atom. The molecule has 0 aromatic rings. The van der Waals surface area contributed by atoms with Crippen LogP contribution in [0.2, 0.25) is 0 Å². The van der Waals surface area contributed by atoms with E-state index in [1.807, 2.05) is 18.2 Å². The van der Waals surface area contributed by atoms with Gasteiger partial charge in [0, 0.05) is 0 Å². The van der Waals surface area contributed by atoms with Crippen molar-refractivity contribution in [2.45, 2.75) is 6.42 Å². The van der Waals surface area contributed by atoms with Crippen LogP contribution >= 0.6 is 0 Å². The number of hydrogen-bond donors (Lipinski definition) is 0. The van der Waals surface area contributed by atoms with E-state index >= 15 is 0 Å². The quantitative estimate of drug-likeness (QED) is 0.470. The Kier molecular flexibility index (Phi) is 1.94. The molecule has 12 heavy (non-hydrogen) atoms. The Balaban J connectivity index is 2.47. The molecule has 2 rings (SSSR count). The van der Waals surface area contributed by atoms with Crippen LogP contribution < -0.4 is 0 Å². The van der Waals surface area contributed by atoms with Crippen molar-refractivity contribution < 1.29 is 0 Å². The van der Waals surface area contributed by atoms with Gasteiger partial charge in [-0.25, -0.2) is 0 Å². The highest BCUT2D eigenvalue weighted by Crippen LogP contribution is 2.18. The van der Waals surface area contributed by atoms with Gasteiger partial charge in [-0.15, -0.1) is 5.73 Å². The number of rotatable bonds is 0. The molecule has 0 saturated heterocycles. The lowest BCUT2D eigenvalue weighted by Crippen LogP contribution is -1.79. The molecule has 0 bridgehead atoms. The van der Waals surface area contributed by atoms with Crippen molar-refractivity contribution in [1.82, 2.24) is 0 Å². The number of hydrogen-bond acceptors (Lipinski definition) is 0. The minimum absolute atomic E-state index is 1.02. The molecule has 2 aliphatic carbocycles. The van der Waals surface area contributed by atoms with E-state index in [4.69, 9.17) is 0 Å². The molecule has 0 heteroatoms. The van der Waals surface area contributed by atoms with Crippen LogP contribution in [-0.2, 0) is 0 Å². The summed E-state index contributed by atoms with van der Waals surface area (Å²) in [5.74, 6) is 0. The van der Waals surface area contributed by atoms with Gasteiger partial charge in [0.25, 0.3) is 0 Å². The molecule has 0 aliphatic heterocycles. The van der Waals surface area contributed by atoms with Gasteiger partial charge in [0.05, 0.1) is 0 Å². The molecule has 0 spiro atoms. The van der Waals surface area contributed by atoms with E-state index in [2.05, 4.69) is 36.1 Å². The van der Waals surface area contributed by atoms with Crippen molar-refractivity contribution in [3.63, 3.8) is 0 Å². The monoisotopic (exact) mass is 154 g/mol. The van der Waals surface area contributed by atoms with Crippen LogP contribution in [0.3, 0.4) is 0 Å². The van der Waals surface area contributed by atoms with Crippen LogP contribution in [-0.4, -0.2) is 0 Å². The summed E-state index contributed by atoms with van der Waals surface area (Å²) in [6.45, 7) is 0. The summed E-state index contributed by atoms with van der Waals surface area (Å²) in [6, 6.07) is 0. The average molecular weight is 154 g/mol. The lowest BCUT2D eigenvalue weighted by Gasteiger charge is -1.98. The van der Waals surface area contributed by atoms with Gasteiger partial charge < -0.3 is 0 Å². The van der Waals surface area contributed by atoms with Gasteiger partial charge in [-0.3, -0.25) is 0 Å². The molecule has 0 heterocycles. The summed E-state index contributed by atoms with van der Waals surface area (Å²) in [5.41, 5.74) is 5.73. The maximum absolute atomic E-state index is 3.10. The predicted octanol–water partition coefficient (Wildman–Crippen LogP) is 3.08. The van der Waals surface area contributed by atoms with Crippen molar-refractivity contribution in [2.75, 3.05) is 0 Å². The van der Waals surface area contributed by atoms with Crippen LogP contribution in [0, 0.1) is 0 Å². The van der Waals surface area contributed by atoms with Crippen molar-refractivity contribution >= 4 is 0 Å². The molecule has 0 aromatic heterocycles. The van der Waals surface area contributed by atoms with Gasteiger partial charge in [0.15, 0.2) is 0 Å². The highest BCUT2D eigenvalue weighted by Gasteiger charge is 1.99. The van der Waals surface area contributed by atoms with E-state index in [0.717, 1.165) is 6.42 Å². The zero-order valence-electron chi connectivity index (χ0n) is 6.83. The highest BCUT2D eigenvalue weighted by molar-refractivity contribution is 5.46. The highest BCUT2D eigenvalue weighted by atomic mass is 14.0. The van der Waals surface area contributed by atoms with Crippen LogP contribution in [0.5, 0.6) is 0 Å². The van der Waals surface area contributed by atoms with Crippen molar-refractivity contribution in [1.29, 1.82) is 0 Å². The van der Waals surface area contributed by atoms with Gasteiger partial charge >= 0.3 is 0 Å². The maximum Gasteiger partial charge on any atom is -0.00882 e. The van der Waals surface area contributed by atoms with Crippen LogP contribution in [0.1, 0.15) is 6.42 Å². The second kappa shape index (κ2) is 3.25. The van der Waals surface area contributed by atoms with Crippen LogP contribution in [0.4, 0.5) is 0 Å². The third kappa shape index (κ3) is 1.39. The Hall–Kier alpha value is -1.52. The lowest BCUT2D eigenvalue weighted by atomic mass is 10.1. The van der Waals surface area contributed by atoms with E-state index in [1.54, 1.807) is 0 Å². The van der Waals surface area contributed by atoms with E-state index in [9.17, 15) is 0 Å². The maximum atomic E-state index is 3.10. The van der Waals surface area contributed by atoms with Crippen molar-refractivity contribution in [3.8, 4) is 0 Å². The summed E-state index contributed by atoms with van der Waals surface area (Å²) < 4.78 is 0. The zero-order chi connectivity index (χ0) is 8.23. The SMILES string of the molecule is C1=CC=CC2=C(C=1)C=CC=CC2. The fourth-order valence-corrected chi connectivity index (χ4v) is 1.32. The van der Waals surface area contributed by atoms with Gasteiger partial charge in [-0.2, -0.15) is 0 Å². The molecule has 0 saturated carbocycles. The van der Waals surface area contributed by atoms with Crippen LogP contribution in [0.25, 0.3) is 0 Å². The summed E-state index contributed by atoms with van der Waals surface area (Å²) in [4.78, 5) is 0. The average Bonchev–Trinajstić information content (AvgIpc) is 2.38. The molecule has 0 unspecified atom stereocenters. The normalized spacial score (nSPS) is 19.3. The van der Waals surface area contributed by atoms with Gasteiger partial charge in [-0.1, -0.05) is 36.5 Å². The molecule has 0 aromatic carbocycles. The van der Waals surface area contributed by atoms with Crippen LogP contribution in [0.15, 0.2) is 65.5 Å². The summed E-state index contributed by atoms with van der Waals surface area (Å²) >= 11 is 0. The van der Waals surface area contributed by atoms with Gasteiger partial charge in [-0.05, 0) is 29.7 Å². The molecule has 2 aliphatic rings. The molecule has 0 radical (unpaired) electrons. The molecule has 0 N–H and O–H groups in total. The predicted molar refractivity (Wildman–Crippen MR) is 51.7 cm³/mol. The minimum atomic E-state index is 1.02. The lowest BCUT2D eigenvalue weighted by molar-refractivity contribution is 1.27. The fraction of sp³-hybridized carbons (Fsp3) is 0.0833. The van der Waals surface area contributed by atoms with E-state index in [-0.39, 0.29) is 0 Å². The molecule has 58 valence electrons. The largest absolute Gasteiger partial charge is 0.120 e.